The molecule has 1 fully saturated rings. The van der Waals surface area contributed by atoms with Crippen molar-refractivity contribution in [3.8, 4) is 0 Å². The summed E-state index contributed by atoms with van der Waals surface area (Å²) in [4.78, 5) is 33.2. The zero-order valence-corrected chi connectivity index (χ0v) is 13.7. The molecule has 23 heavy (non-hydrogen) atoms. The molecule has 0 bridgehead atoms. The molecule has 1 atom stereocenters. The summed E-state index contributed by atoms with van der Waals surface area (Å²) in [5.41, 5.74) is -0.170. The smallest absolute Gasteiger partial charge is 0.329 e. The van der Waals surface area contributed by atoms with Gasteiger partial charge in [-0.1, -0.05) is 13.8 Å². The molecular weight excluding hydrogens is 300 g/mol. The zero-order valence-electron chi connectivity index (χ0n) is 13.7. The van der Waals surface area contributed by atoms with Gasteiger partial charge in [-0.3, -0.25) is 10.1 Å². The van der Waals surface area contributed by atoms with Gasteiger partial charge >= 0.3 is 11.7 Å². The summed E-state index contributed by atoms with van der Waals surface area (Å²) in [6, 6.07) is -0.513. The molecule has 1 aromatic heterocycles. The molecule has 1 aliphatic rings. The minimum absolute atomic E-state index is 0.0670. The number of ether oxygens (including phenoxy) is 1. The second-order valence-electron chi connectivity index (χ2n) is 5.54. The Labute approximate surface area is 135 Å². The molecule has 0 radical (unpaired) electrons. The Bertz CT molecular complexity index is 589. The van der Waals surface area contributed by atoms with Crippen molar-refractivity contribution < 1.29 is 14.5 Å². The Hall–Kier alpha value is -2.25. The highest BCUT2D eigenvalue weighted by Gasteiger charge is 2.38. The number of carbonyl (C=O) groups excluding carboxylic acids is 1. The number of carbonyl (C=O) groups is 1. The molecule has 1 saturated carbocycles. The third-order valence-corrected chi connectivity index (χ3v) is 4.22. The van der Waals surface area contributed by atoms with Crippen molar-refractivity contribution in [1.82, 2.24) is 9.97 Å². The fraction of sp³-hybridized carbons (Fsp3) is 0.667. The van der Waals surface area contributed by atoms with Gasteiger partial charge in [-0.15, -0.1) is 0 Å². The van der Waals surface area contributed by atoms with E-state index >= 15 is 0 Å². The Balaban J connectivity index is 2.53. The number of nitrogens with zero attached hydrogens (tertiary/aromatic N) is 4. The molecule has 1 heterocycles. The standard InChI is InChI=1S/C15H22N4O4/c1-4-11(15(20)23-3)18(10-7-6-8-10)14-12(19(21)22)9-16-13(5-2)17-14/h9-11H,4-8H2,1-3H3. The lowest BCUT2D eigenvalue weighted by molar-refractivity contribution is -0.384. The van der Waals surface area contributed by atoms with Crippen molar-refractivity contribution >= 4 is 17.5 Å². The number of aromatic nitrogens is 2. The molecule has 126 valence electrons. The van der Waals surface area contributed by atoms with Gasteiger partial charge in [0, 0.05) is 12.5 Å². The van der Waals surface area contributed by atoms with Crippen LogP contribution in [0.15, 0.2) is 6.20 Å². The largest absolute Gasteiger partial charge is 0.467 e. The van der Waals surface area contributed by atoms with Crippen molar-refractivity contribution in [1.29, 1.82) is 0 Å². The summed E-state index contributed by atoms with van der Waals surface area (Å²) >= 11 is 0. The number of methoxy groups -OCH3 is 1. The van der Waals surface area contributed by atoms with E-state index in [2.05, 4.69) is 9.97 Å². The summed E-state index contributed by atoms with van der Waals surface area (Å²) in [5.74, 6) is 0.351. The van der Waals surface area contributed by atoms with Gasteiger partial charge in [-0.25, -0.2) is 14.8 Å². The van der Waals surface area contributed by atoms with E-state index in [9.17, 15) is 14.9 Å². The normalized spacial score (nSPS) is 15.6. The summed E-state index contributed by atoms with van der Waals surface area (Å²) in [5, 5.41) is 11.4. The van der Waals surface area contributed by atoms with E-state index < -0.39 is 16.9 Å². The molecule has 0 spiro atoms. The number of esters is 1. The molecule has 0 aliphatic heterocycles. The minimum atomic E-state index is -0.580. The number of aryl methyl sites for hydroxylation is 1. The van der Waals surface area contributed by atoms with Crippen molar-refractivity contribution in [2.45, 2.75) is 58.0 Å². The average Bonchev–Trinajstić information content (AvgIpc) is 2.51. The Morgan fingerprint density at radius 3 is 2.65 bits per heavy atom. The van der Waals surface area contributed by atoms with E-state index in [0.29, 0.717) is 18.7 Å². The molecular formula is C15H22N4O4. The topological polar surface area (TPSA) is 98.5 Å². The van der Waals surface area contributed by atoms with Crippen LogP contribution in [0.3, 0.4) is 0 Å². The lowest BCUT2D eigenvalue weighted by atomic mass is 9.89. The van der Waals surface area contributed by atoms with Gasteiger partial charge in [-0.2, -0.15) is 0 Å². The predicted molar refractivity (Wildman–Crippen MR) is 84.3 cm³/mol. The van der Waals surface area contributed by atoms with E-state index in [1.807, 2.05) is 13.8 Å². The van der Waals surface area contributed by atoms with E-state index in [1.165, 1.54) is 13.3 Å². The van der Waals surface area contributed by atoms with Crippen molar-refractivity contribution in [2.24, 2.45) is 0 Å². The maximum Gasteiger partial charge on any atom is 0.329 e. The maximum atomic E-state index is 12.2. The molecule has 2 rings (SSSR count). The van der Waals surface area contributed by atoms with Gasteiger partial charge in [0.15, 0.2) is 0 Å². The molecule has 0 amide bonds. The van der Waals surface area contributed by atoms with Crippen LogP contribution < -0.4 is 4.90 Å². The Kier molecular flexibility index (Phi) is 5.46. The monoisotopic (exact) mass is 322 g/mol. The van der Waals surface area contributed by atoms with Gasteiger partial charge in [0.1, 0.15) is 18.1 Å². The van der Waals surface area contributed by atoms with E-state index in [1.54, 1.807) is 4.90 Å². The number of hydrogen-bond acceptors (Lipinski definition) is 7. The third kappa shape index (κ3) is 3.40. The van der Waals surface area contributed by atoms with Crippen LogP contribution in [0.4, 0.5) is 11.5 Å². The molecule has 0 aromatic carbocycles. The zero-order chi connectivity index (χ0) is 17.0. The van der Waals surface area contributed by atoms with Gasteiger partial charge in [0.2, 0.25) is 5.82 Å². The highest BCUT2D eigenvalue weighted by molar-refractivity contribution is 5.81. The van der Waals surface area contributed by atoms with Crippen LogP contribution in [0, 0.1) is 10.1 Å². The van der Waals surface area contributed by atoms with E-state index in [-0.39, 0.29) is 17.5 Å². The number of rotatable bonds is 7. The van der Waals surface area contributed by atoms with Gasteiger partial charge in [0.25, 0.3) is 0 Å². The van der Waals surface area contributed by atoms with Crippen LogP contribution in [0.25, 0.3) is 0 Å². The first-order valence-electron chi connectivity index (χ1n) is 7.89. The summed E-state index contributed by atoms with van der Waals surface area (Å²) < 4.78 is 4.89. The SMILES string of the molecule is CCc1ncc([N+](=O)[O-])c(N(C2CCC2)C(CC)C(=O)OC)n1. The first-order valence-corrected chi connectivity index (χ1v) is 7.89. The maximum absolute atomic E-state index is 12.2. The van der Waals surface area contributed by atoms with Crippen molar-refractivity contribution in [3.05, 3.63) is 22.1 Å². The fourth-order valence-electron chi connectivity index (χ4n) is 2.74. The third-order valence-electron chi connectivity index (χ3n) is 4.22. The Morgan fingerprint density at radius 2 is 2.22 bits per heavy atom. The van der Waals surface area contributed by atoms with Crippen LogP contribution in [0.1, 0.15) is 45.4 Å². The lowest BCUT2D eigenvalue weighted by Crippen LogP contribution is -2.51. The fourth-order valence-corrected chi connectivity index (χ4v) is 2.74. The Morgan fingerprint density at radius 1 is 1.52 bits per heavy atom. The number of hydrogen-bond donors (Lipinski definition) is 0. The number of anilines is 1. The lowest BCUT2D eigenvalue weighted by Gasteiger charge is -2.41. The van der Waals surface area contributed by atoms with Crippen molar-refractivity contribution in [2.75, 3.05) is 12.0 Å². The van der Waals surface area contributed by atoms with Crippen LogP contribution in [-0.2, 0) is 16.0 Å². The van der Waals surface area contributed by atoms with E-state index in [4.69, 9.17) is 4.74 Å². The highest BCUT2D eigenvalue weighted by atomic mass is 16.6. The average molecular weight is 322 g/mol. The molecule has 0 saturated heterocycles. The van der Waals surface area contributed by atoms with Gasteiger partial charge in [0.05, 0.1) is 12.0 Å². The van der Waals surface area contributed by atoms with Crippen LogP contribution >= 0.6 is 0 Å². The quantitative estimate of drug-likeness (QED) is 0.431. The van der Waals surface area contributed by atoms with Crippen LogP contribution in [0.2, 0.25) is 0 Å². The van der Waals surface area contributed by atoms with E-state index in [0.717, 1.165) is 19.3 Å². The first-order chi connectivity index (χ1) is 11.0. The summed E-state index contributed by atoms with van der Waals surface area (Å²) in [7, 11) is 1.33. The summed E-state index contributed by atoms with van der Waals surface area (Å²) in [6.07, 6.45) is 5.10. The molecule has 1 unspecified atom stereocenters. The van der Waals surface area contributed by atoms with Crippen LogP contribution in [0.5, 0.6) is 0 Å². The predicted octanol–water partition coefficient (Wildman–Crippen LogP) is 2.26. The van der Waals surface area contributed by atoms with Gasteiger partial charge in [-0.05, 0) is 25.7 Å². The van der Waals surface area contributed by atoms with Crippen molar-refractivity contribution in [3.63, 3.8) is 0 Å². The minimum Gasteiger partial charge on any atom is -0.467 e. The molecule has 8 heteroatoms. The summed E-state index contributed by atoms with van der Waals surface area (Å²) in [6.45, 7) is 3.75. The number of nitro groups is 1. The second-order valence-corrected chi connectivity index (χ2v) is 5.54. The first kappa shape index (κ1) is 17.1. The molecule has 1 aliphatic carbocycles. The highest BCUT2D eigenvalue weighted by Crippen LogP contribution is 2.36. The second kappa shape index (κ2) is 7.34. The molecule has 1 aromatic rings. The molecule has 0 N–H and O–H groups in total. The molecule has 8 nitrogen and oxygen atoms in total. The van der Waals surface area contributed by atoms with Crippen LogP contribution in [-0.4, -0.2) is 40.1 Å². The van der Waals surface area contributed by atoms with Gasteiger partial charge < -0.3 is 9.64 Å².